The average Bonchev–Trinajstić information content (AvgIpc) is 2.81. The van der Waals surface area contributed by atoms with Crippen LogP contribution in [0.1, 0.15) is 19.8 Å². The molecule has 1 saturated heterocycles. The standard InChI is InChI=1S/C23H25FIN3O4/c1-2-31-13-15-5-7-27(8-6-15)21(29)12-28-22(30)14-32-20-10-17(11-26-23(20)28)16-3-4-18(24)19(25)9-16/h3-4,9-11,15H,2,5-8,12-14H2,1H3. The molecule has 2 aliphatic rings. The summed E-state index contributed by atoms with van der Waals surface area (Å²) in [6.07, 6.45) is 3.41. The fraction of sp³-hybridized carbons (Fsp3) is 0.435. The molecule has 170 valence electrons. The fourth-order valence-corrected chi connectivity index (χ4v) is 4.46. The van der Waals surface area contributed by atoms with E-state index in [9.17, 15) is 14.0 Å². The summed E-state index contributed by atoms with van der Waals surface area (Å²) in [6, 6.07) is 6.58. The number of likely N-dealkylation sites (tertiary alicyclic amines) is 1. The number of carbonyl (C=O) groups excluding carboxylic acids is 2. The molecule has 9 heteroatoms. The molecule has 2 aromatic rings. The summed E-state index contributed by atoms with van der Waals surface area (Å²) in [7, 11) is 0. The number of benzene rings is 1. The summed E-state index contributed by atoms with van der Waals surface area (Å²) < 4.78 is 25.2. The lowest BCUT2D eigenvalue weighted by molar-refractivity contribution is -0.133. The van der Waals surface area contributed by atoms with Gasteiger partial charge in [0, 0.05) is 41.6 Å². The van der Waals surface area contributed by atoms with Crippen LogP contribution in [0.15, 0.2) is 30.5 Å². The molecule has 0 N–H and O–H groups in total. The maximum absolute atomic E-state index is 13.6. The zero-order valence-electron chi connectivity index (χ0n) is 17.9. The molecule has 0 atom stereocenters. The van der Waals surface area contributed by atoms with Gasteiger partial charge in [0.2, 0.25) is 5.91 Å². The van der Waals surface area contributed by atoms with E-state index in [0.717, 1.165) is 30.6 Å². The Morgan fingerprint density at radius 2 is 2.06 bits per heavy atom. The van der Waals surface area contributed by atoms with Crippen LogP contribution in [0.3, 0.4) is 0 Å². The summed E-state index contributed by atoms with van der Waals surface area (Å²) in [5.74, 6) is 0.563. The van der Waals surface area contributed by atoms with Crippen LogP contribution in [0.5, 0.6) is 5.75 Å². The maximum atomic E-state index is 13.6. The van der Waals surface area contributed by atoms with E-state index in [1.54, 1.807) is 29.3 Å². The van der Waals surface area contributed by atoms with Crippen LogP contribution < -0.4 is 9.64 Å². The predicted molar refractivity (Wildman–Crippen MR) is 126 cm³/mol. The van der Waals surface area contributed by atoms with E-state index in [-0.39, 0.29) is 30.8 Å². The summed E-state index contributed by atoms with van der Waals surface area (Å²) >= 11 is 1.94. The minimum atomic E-state index is -0.298. The third-order valence-electron chi connectivity index (χ3n) is 5.81. The molecule has 0 unspecified atom stereocenters. The van der Waals surface area contributed by atoms with E-state index in [4.69, 9.17) is 9.47 Å². The van der Waals surface area contributed by atoms with Crippen LogP contribution in [0.2, 0.25) is 0 Å². The molecule has 1 aromatic heterocycles. The molecule has 0 bridgehead atoms. The van der Waals surface area contributed by atoms with Crippen LogP contribution >= 0.6 is 22.6 Å². The number of rotatable bonds is 6. The summed E-state index contributed by atoms with van der Waals surface area (Å²) in [4.78, 5) is 33.0. The Labute approximate surface area is 200 Å². The lowest BCUT2D eigenvalue weighted by Crippen LogP contribution is -2.48. The molecule has 0 spiro atoms. The summed E-state index contributed by atoms with van der Waals surface area (Å²) in [5, 5.41) is 0. The Kier molecular flexibility index (Phi) is 7.24. The number of fused-ring (bicyclic) bond motifs is 1. The number of amides is 2. The van der Waals surface area contributed by atoms with E-state index in [1.807, 2.05) is 29.5 Å². The normalized spacial score (nSPS) is 16.7. The van der Waals surface area contributed by atoms with Gasteiger partial charge in [0.05, 0.1) is 0 Å². The second kappa shape index (κ2) is 10.1. The molecular formula is C23H25FIN3O4. The third-order valence-corrected chi connectivity index (χ3v) is 6.64. The van der Waals surface area contributed by atoms with E-state index < -0.39 is 0 Å². The van der Waals surface area contributed by atoms with Crippen molar-refractivity contribution in [3.63, 3.8) is 0 Å². The Balaban J connectivity index is 1.46. The molecule has 1 aromatic carbocycles. The molecular weight excluding hydrogens is 528 g/mol. The highest BCUT2D eigenvalue weighted by molar-refractivity contribution is 14.1. The van der Waals surface area contributed by atoms with Gasteiger partial charge in [-0.1, -0.05) is 6.07 Å². The van der Waals surface area contributed by atoms with Crippen molar-refractivity contribution in [3.8, 4) is 16.9 Å². The van der Waals surface area contributed by atoms with Gasteiger partial charge in [-0.25, -0.2) is 9.37 Å². The topological polar surface area (TPSA) is 72.0 Å². The lowest BCUT2D eigenvalue weighted by atomic mass is 9.98. The number of carbonyl (C=O) groups is 2. The molecule has 2 amide bonds. The van der Waals surface area contributed by atoms with Gasteiger partial charge in [0.15, 0.2) is 18.2 Å². The number of halogens is 2. The number of aromatic nitrogens is 1. The number of pyridine rings is 1. The SMILES string of the molecule is CCOCC1CCN(C(=O)CN2C(=O)COc3cc(-c4ccc(F)c(I)c4)cnc32)CC1. The smallest absolute Gasteiger partial charge is 0.266 e. The van der Waals surface area contributed by atoms with Gasteiger partial charge < -0.3 is 14.4 Å². The molecule has 32 heavy (non-hydrogen) atoms. The highest BCUT2D eigenvalue weighted by Crippen LogP contribution is 2.34. The van der Waals surface area contributed by atoms with Crippen LogP contribution in [0.25, 0.3) is 11.1 Å². The van der Waals surface area contributed by atoms with Crippen molar-refractivity contribution in [2.75, 3.05) is 44.4 Å². The van der Waals surface area contributed by atoms with E-state index in [0.29, 0.717) is 40.8 Å². The van der Waals surface area contributed by atoms with E-state index in [2.05, 4.69) is 4.98 Å². The van der Waals surface area contributed by atoms with Gasteiger partial charge in [-0.3, -0.25) is 14.5 Å². The highest BCUT2D eigenvalue weighted by Gasteiger charge is 2.31. The van der Waals surface area contributed by atoms with Crippen molar-refractivity contribution >= 4 is 40.2 Å². The van der Waals surface area contributed by atoms with Gasteiger partial charge in [0.1, 0.15) is 12.4 Å². The van der Waals surface area contributed by atoms with Crippen LogP contribution in [0.4, 0.5) is 10.2 Å². The van der Waals surface area contributed by atoms with Crippen LogP contribution in [-0.2, 0) is 14.3 Å². The number of nitrogens with zero attached hydrogens (tertiary/aromatic N) is 3. The maximum Gasteiger partial charge on any atom is 0.266 e. The molecule has 7 nitrogen and oxygen atoms in total. The number of ether oxygens (including phenoxy) is 2. The average molecular weight is 553 g/mol. The van der Waals surface area contributed by atoms with E-state index in [1.165, 1.54) is 11.0 Å². The van der Waals surface area contributed by atoms with Crippen LogP contribution in [-0.4, -0.2) is 61.2 Å². The predicted octanol–water partition coefficient (Wildman–Crippen LogP) is 3.49. The zero-order valence-corrected chi connectivity index (χ0v) is 20.0. The Morgan fingerprint density at radius 1 is 1.28 bits per heavy atom. The van der Waals surface area contributed by atoms with Crippen molar-refractivity contribution in [1.82, 2.24) is 9.88 Å². The number of hydrogen-bond donors (Lipinski definition) is 0. The molecule has 0 radical (unpaired) electrons. The van der Waals surface area contributed by atoms with Gasteiger partial charge >= 0.3 is 0 Å². The van der Waals surface area contributed by atoms with Gasteiger partial charge in [-0.2, -0.15) is 0 Å². The van der Waals surface area contributed by atoms with Crippen molar-refractivity contribution in [2.45, 2.75) is 19.8 Å². The minimum absolute atomic E-state index is 0.0634. The first-order valence-corrected chi connectivity index (χ1v) is 11.8. The largest absolute Gasteiger partial charge is 0.480 e. The lowest BCUT2D eigenvalue weighted by Gasteiger charge is -2.34. The Bertz CT molecular complexity index is 1010. The van der Waals surface area contributed by atoms with Gasteiger partial charge in [-0.05, 0) is 72.0 Å². The van der Waals surface area contributed by atoms with Gasteiger partial charge in [0.25, 0.3) is 5.91 Å². The number of piperidine rings is 1. The molecule has 0 aliphatic carbocycles. The van der Waals surface area contributed by atoms with Crippen molar-refractivity contribution in [3.05, 3.63) is 39.8 Å². The number of hydrogen-bond acceptors (Lipinski definition) is 5. The molecule has 1 fully saturated rings. The van der Waals surface area contributed by atoms with Crippen molar-refractivity contribution < 1.29 is 23.5 Å². The van der Waals surface area contributed by atoms with Crippen LogP contribution in [0, 0.1) is 15.3 Å². The second-order valence-corrected chi connectivity index (χ2v) is 9.09. The molecule has 3 heterocycles. The summed E-state index contributed by atoms with van der Waals surface area (Å²) in [5.41, 5.74) is 1.54. The second-order valence-electron chi connectivity index (χ2n) is 7.93. The number of anilines is 1. The Morgan fingerprint density at radius 3 is 2.78 bits per heavy atom. The summed E-state index contributed by atoms with van der Waals surface area (Å²) in [6.45, 7) is 4.52. The minimum Gasteiger partial charge on any atom is -0.480 e. The molecule has 2 aliphatic heterocycles. The molecule has 4 rings (SSSR count). The van der Waals surface area contributed by atoms with E-state index >= 15 is 0 Å². The monoisotopic (exact) mass is 553 g/mol. The van der Waals surface area contributed by atoms with Crippen molar-refractivity contribution in [2.24, 2.45) is 5.92 Å². The first-order valence-electron chi connectivity index (χ1n) is 10.7. The first kappa shape index (κ1) is 22.9. The van der Waals surface area contributed by atoms with Crippen molar-refractivity contribution in [1.29, 1.82) is 0 Å². The Hall–Kier alpha value is -2.27. The first-order chi connectivity index (χ1) is 15.5. The fourth-order valence-electron chi connectivity index (χ4n) is 3.95. The third kappa shape index (κ3) is 5.03. The molecule has 0 saturated carbocycles. The van der Waals surface area contributed by atoms with Gasteiger partial charge in [-0.15, -0.1) is 0 Å². The highest BCUT2D eigenvalue weighted by atomic mass is 127. The zero-order chi connectivity index (χ0) is 22.7. The quantitative estimate of drug-likeness (QED) is 0.513.